The van der Waals surface area contributed by atoms with E-state index in [9.17, 15) is 4.79 Å². The highest BCUT2D eigenvalue weighted by molar-refractivity contribution is 5.96. The maximum Gasteiger partial charge on any atom is 0.212 e. The molecule has 0 spiro atoms. The first-order valence-electron chi connectivity index (χ1n) is 4.67. The van der Waals surface area contributed by atoms with Crippen LogP contribution in [0.2, 0.25) is 0 Å². The van der Waals surface area contributed by atoms with E-state index in [1.807, 2.05) is 18.1 Å². The number of aromatic amines is 1. The minimum atomic E-state index is -0.295. The highest BCUT2D eigenvalue weighted by Crippen LogP contribution is 2.13. The molecule has 16 heavy (non-hydrogen) atoms. The lowest BCUT2D eigenvalue weighted by molar-refractivity contribution is -0.113. The van der Waals surface area contributed by atoms with Gasteiger partial charge in [-0.25, -0.2) is 4.98 Å². The lowest BCUT2D eigenvalue weighted by Crippen LogP contribution is -1.99. The maximum atomic E-state index is 11.1. The molecular weight excluding hydrogens is 200 g/mol. The molecule has 3 heteroatoms. The monoisotopic (exact) mass is 208 g/mol. The second-order valence-corrected chi connectivity index (χ2v) is 3.30. The van der Waals surface area contributed by atoms with Crippen molar-refractivity contribution in [1.82, 2.24) is 9.97 Å². The molecule has 2 rings (SSSR count). The summed E-state index contributed by atoms with van der Waals surface area (Å²) >= 11 is 0. The number of hydrogen-bond donors (Lipinski definition) is 1. The van der Waals surface area contributed by atoms with E-state index in [4.69, 9.17) is 12.8 Å². The highest BCUT2D eigenvalue weighted by Gasteiger charge is 2.06. The van der Waals surface area contributed by atoms with Crippen molar-refractivity contribution in [3.63, 3.8) is 0 Å². The van der Waals surface area contributed by atoms with Crippen molar-refractivity contribution in [2.24, 2.45) is 0 Å². The number of fused-ring (bicyclic) bond motifs is 1. The number of rotatable bonds is 2. The third kappa shape index (κ3) is 1.80. The van der Waals surface area contributed by atoms with Gasteiger partial charge in [0, 0.05) is 5.56 Å². The molecule has 76 valence electrons. The molecule has 0 bridgehead atoms. The number of nitrogens with one attached hydrogen (secondary N) is 1. The van der Waals surface area contributed by atoms with Crippen molar-refractivity contribution in [2.75, 3.05) is 0 Å². The van der Waals surface area contributed by atoms with Crippen molar-refractivity contribution in [1.29, 1.82) is 0 Å². The van der Waals surface area contributed by atoms with E-state index in [0.29, 0.717) is 5.82 Å². The van der Waals surface area contributed by atoms with Crippen LogP contribution in [0.3, 0.4) is 0 Å². The molecule has 1 N–H and O–H groups in total. The van der Waals surface area contributed by atoms with Gasteiger partial charge in [0.1, 0.15) is 5.82 Å². The molecule has 0 aliphatic heterocycles. The molecule has 0 saturated carbocycles. The number of hydrogen-bond acceptors (Lipinski definition) is 2. The van der Waals surface area contributed by atoms with Crippen molar-refractivity contribution in [3.05, 3.63) is 29.6 Å². The zero-order valence-corrected chi connectivity index (χ0v) is 8.45. The van der Waals surface area contributed by atoms with Crippen molar-refractivity contribution in [3.8, 4) is 24.7 Å². The number of carbonyl (C=O) groups is 1. The van der Waals surface area contributed by atoms with E-state index >= 15 is 0 Å². The topological polar surface area (TPSA) is 45.8 Å². The van der Waals surface area contributed by atoms with Crippen molar-refractivity contribution in [2.45, 2.75) is 6.42 Å². The van der Waals surface area contributed by atoms with Gasteiger partial charge in [-0.3, -0.25) is 4.79 Å². The molecule has 0 unspecified atom stereocenters. The van der Waals surface area contributed by atoms with E-state index in [2.05, 4.69) is 15.9 Å². The molecule has 0 amide bonds. The summed E-state index contributed by atoms with van der Waals surface area (Å²) in [4.78, 5) is 18.3. The summed E-state index contributed by atoms with van der Waals surface area (Å²) in [6.45, 7) is 0. The highest BCUT2D eigenvalue weighted by atomic mass is 16.1. The fourth-order valence-electron chi connectivity index (χ4n) is 1.44. The van der Waals surface area contributed by atoms with Crippen LogP contribution in [0.4, 0.5) is 0 Å². The Morgan fingerprint density at radius 1 is 1.44 bits per heavy atom. The van der Waals surface area contributed by atoms with Gasteiger partial charge in [-0.05, 0) is 24.1 Å². The van der Waals surface area contributed by atoms with Crippen LogP contribution in [-0.4, -0.2) is 15.8 Å². The SMILES string of the molecule is C#CC(=O)Cc1nc2ccc(C#C)cc2[nH]1. The lowest BCUT2D eigenvalue weighted by Gasteiger charge is -1.89. The fourth-order valence-corrected chi connectivity index (χ4v) is 1.44. The van der Waals surface area contributed by atoms with Gasteiger partial charge < -0.3 is 4.98 Å². The third-order valence-corrected chi connectivity index (χ3v) is 2.19. The summed E-state index contributed by atoms with van der Waals surface area (Å²) in [5.74, 6) is 4.85. The van der Waals surface area contributed by atoms with E-state index in [1.54, 1.807) is 6.07 Å². The van der Waals surface area contributed by atoms with Crippen LogP contribution in [-0.2, 0) is 11.2 Å². The Labute approximate surface area is 92.9 Å². The van der Waals surface area contributed by atoms with Gasteiger partial charge in [-0.15, -0.1) is 12.8 Å². The van der Waals surface area contributed by atoms with Gasteiger partial charge in [0.25, 0.3) is 0 Å². The van der Waals surface area contributed by atoms with Crippen molar-refractivity contribution >= 4 is 16.8 Å². The van der Waals surface area contributed by atoms with E-state index in [0.717, 1.165) is 16.6 Å². The standard InChI is InChI=1S/C13H8N2O/c1-3-9-5-6-11-12(7-9)15-13(14-11)8-10(16)4-2/h1-2,5-7H,8H2,(H,14,15). The molecule has 0 fully saturated rings. The number of carbonyl (C=O) groups excluding carboxylic acids is 1. The van der Waals surface area contributed by atoms with Crippen LogP contribution >= 0.6 is 0 Å². The van der Waals surface area contributed by atoms with E-state index in [1.165, 1.54) is 0 Å². The second-order valence-electron chi connectivity index (χ2n) is 3.30. The predicted octanol–water partition coefficient (Wildman–Crippen LogP) is 1.29. The molecule has 1 heterocycles. The van der Waals surface area contributed by atoms with Gasteiger partial charge in [-0.2, -0.15) is 0 Å². The average Bonchev–Trinajstić information content (AvgIpc) is 2.69. The van der Waals surface area contributed by atoms with Gasteiger partial charge in [-0.1, -0.05) is 5.92 Å². The average molecular weight is 208 g/mol. The molecule has 0 aliphatic rings. The number of ketones is 1. The number of benzene rings is 1. The third-order valence-electron chi connectivity index (χ3n) is 2.19. The molecule has 1 aromatic carbocycles. The minimum Gasteiger partial charge on any atom is -0.342 e. The Kier molecular flexibility index (Phi) is 2.45. The van der Waals surface area contributed by atoms with Crippen LogP contribution < -0.4 is 0 Å². The second kappa shape index (κ2) is 3.92. The summed E-state index contributed by atoms with van der Waals surface area (Å²) in [5.41, 5.74) is 2.36. The molecule has 2 aromatic rings. The lowest BCUT2D eigenvalue weighted by atomic mass is 10.2. The molecule has 0 saturated heterocycles. The summed E-state index contributed by atoms with van der Waals surface area (Å²) in [5, 5.41) is 0. The number of imidazole rings is 1. The van der Waals surface area contributed by atoms with Crippen molar-refractivity contribution < 1.29 is 4.79 Å². The first-order valence-corrected chi connectivity index (χ1v) is 4.67. The Morgan fingerprint density at radius 3 is 2.94 bits per heavy atom. The normalized spacial score (nSPS) is 9.62. The summed E-state index contributed by atoms with van der Waals surface area (Å²) in [6.07, 6.45) is 10.4. The molecule has 3 nitrogen and oxygen atoms in total. The zero-order chi connectivity index (χ0) is 11.5. The molecule has 0 radical (unpaired) electrons. The zero-order valence-electron chi connectivity index (χ0n) is 8.45. The van der Waals surface area contributed by atoms with Crippen LogP contribution in [0, 0.1) is 24.7 Å². The van der Waals surface area contributed by atoms with Gasteiger partial charge in [0.05, 0.1) is 17.5 Å². The van der Waals surface area contributed by atoms with Crippen LogP contribution in [0.25, 0.3) is 11.0 Å². The van der Waals surface area contributed by atoms with Crippen LogP contribution in [0.15, 0.2) is 18.2 Å². The largest absolute Gasteiger partial charge is 0.342 e. The number of nitrogens with zero attached hydrogens (tertiary/aromatic N) is 1. The number of aromatic nitrogens is 2. The summed E-state index contributed by atoms with van der Waals surface area (Å²) < 4.78 is 0. The van der Waals surface area contributed by atoms with E-state index < -0.39 is 0 Å². The summed E-state index contributed by atoms with van der Waals surface area (Å²) in [7, 11) is 0. The first kappa shape index (κ1) is 10.0. The van der Waals surface area contributed by atoms with Gasteiger partial charge >= 0.3 is 0 Å². The summed E-state index contributed by atoms with van der Waals surface area (Å²) in [6, 6.07) is 5.42. The fraction of sp³-hybridized carbons (Fsp3) is 0.0769. The molecule has 0 aliphatic carbocycles. The first-order chi connectivity index (χ1) is 7.72. The Hall–Kier alpha value is -2.52. The molecular formula is C13H8N2O. The van der Waals surface area contributed by atoms with Gasteiger partial charge in [0.15, 0.2) is 0 Å². The van der Waals surface area contributed by atoms with Crippen LogP contribution in [0.5, 0.6) is 0 Å². The Morgan fingerprint density at radius 2 is 2.25 bits per heavy atom. The molecule has 1 aromatic heterocycles. The predicted molar refractivity (Wildman–Crippen MR) is 61.6 cm³/mol. The number of H-pyrrole nitrogens is 1. The quantitative estimate of drug-likeness (QED) is 0.597. The van der Waals surface area contributed by atoms with Gasteiger partial charge in [0.2, 0.25) is 5.78 Å². The van der Waals surface area contributed by atoms with E-state index in [-0.39, 0.29) is 12.2 Å². The Bertz CT molecular complexity index is 638. The number of terminal acetylenes is 2. The minimum absolute atomic E-state index is 0.122. The number of Topliss-reactive ketones (excluding diaryl/α,β-unsaturated/α-hetero) is 1. The Balaban J connectivity index is 2.42. The molecule has 0 atom stereocenters. The maximum absolute atomic E-state index is 11.1. The van der Waals surface area contributed by atoms with Crippen LogP contribution in [0.1, 0.15) is 11.4 Å². The smallest absolute Gasteiger partial charge is 0.212 e.